The molecule has 0 amide bonds. The number of phenols is 1. The van der Waals surface area contributed by atoms with E-state index in [0.717, 1.165) is 22.3 Å². The van der Waals surface area contributed by atoms with Gasteiger partial charge in [0.15, 0.2) is 0 Å². The summed E-state index contributed by atoms with van der Waals surface area (Å²) in [6.45, 7) is 0.416. The van der Waals surface area contributed by atoms with E-state index in [1.54, 1.807) is 12.1 Å². The zero-order valence-electron chi connectivity index (χ0n) is 12.6. The highest BCUT2D eigenvalue weighted by Gasteiger charge is 2.26. The van der Waals surface area contributed by atoms with Crippen LogP contribution in [0.1, 0.15) is 11.1 Å². The van der Waals surface area contributed by atoms with Gasteiger partial charge in [0, 0.05) is 11.1 Å². The average molecular weight is 310 g/mol. The van der Waals surface area contributed by atoms with Gasteiger partial charge >= 0.3 is 0 Å². The van der Waals surface area contributed by atoms with Gasteiger partial charge in [-0.25, -0.2) is 0 Å². The van der Waals surface area contributed by atoms with Crippen LogP contribution in [0, 0.1) is 0 Å². The summed E-state index contributed by atoms with van der Waals surface area (Å²) < 4.78 is 0. The maximum Gasteiger partial charge on any atom is 0.116 e. The van der Waals surface area contributed by atoms with Gasteiger partial charge in [0.2, 0.25) is 0 Å². The molecule has 5 heteroatoms. The molecule has 0 aromatic heterocycles. The number of benzene rings is 2. The fourth-order valence-corrected chi connectivity index (χ4v) is 2.79. The van der Waals surface area contributed by atoms with Crippen molar-refractivity contribution in [2.45, 2.75) is 0 Å². The standard InChI is InChI=1S/C18H18N2O3/c21-9-7-19-17-15-4-2-1-3-13(15)14-6-5-12(23)11-16(14)18(17)20-8-10-22/h1-6,11,21-23H,7-10H2. The van der Waals surface area contributed by atoms with E-state index in [9.17, 15) is 5.11 Å². The van der Waals surface area contributed by atoms with E-state index in [2.05, 4.69) is 9.98 Å². The van der Waals surface area contributed by atoms with Crippen LogP contribution in [0.3, 0.4) is 0 Å². The highest BCUT2D eigenvalue weighted by molar-refractivity contribution is 6.57. The molecule has 1 aliphatic rings. The molecule has 3 N–H and O–H groups in total. The van der Waals surface area contributed by atoms with E-state index in [0.29, 0.717) is 11.4 Å². The molecule has 1 aliphatic carbocycles. The normalized spacial score (nSPS) is 16.4. The number of fused-ring (bicyclic) bond motifs is 3. The van der Waals surface area contributed by atoms with E-state index in [-0.39, 0.29) is 32.1 Å². The zero-order valence-corrected chi connectivity index (χ0v) is 12.6. The average Bonchev–Trinajstić information content (AvgIpc) is 2.58. The SMILES string of the molecule is OCCN=C1C(=NCCO)c2cc(O)ccc2-c2ccccc21. The van der Waals surface area contributed by atoms with Gasteiger partial charge in [0.1, 0.15) is 5.75 Å². The molecule has 0 saturated carbocycles. The molecule has 0 atom stereocenters. The van der Waals surface area contributed by atoms with Crippen LogP contribution in [0.25, 0.3) is 11.1 Å². The zero-order chi connectivity index (χ0) is 16.2. The van der Waals surface area contributed by atoms with Gasteiger partial charge in [-0.3, -0.25) is 9.98 Å². The Kier molecular flexibility index (Phi) is 4.50. The van der Waals surface area contributed by atoms with Crippen LogP contribution >= 0.6 is 0 Å². The van der Waals surface area contributed by atoms with Crippen LogP contribution in [0.4, 0.5) is 0 Å². The lowest BCUT2D eigenvalue weighted by molar-refractivity contribution is 0.306. The maximum absolute atomic E-state index is 9.86. The lowest BCUT2D eigenvalue weighted by Gasteiger charge is -2.23. The number of phenolic OH excluding ortho intramolecular Hbond substituents is 1. The van der Waals surface area contributed by atoms with Crippen molar-refractivity contribution in [3.8, 4) is 16.9 Å². The molecule has 2 aromatic carbocycles. The Morgan fingerprint density at radius 1 is 0.696 bits per heavy atom. The Morgan fingerprint density at radius 2 is 1.26 bits per heavy atom. The van der Waals surface area contributed by atoms with Gasteiger partial charge in [-0.1, -0.05) is 30.3 Å². The molecular weight excluding hydrogens is 292 g/mol. The minimum Gasteiger partial charge on any atom is -0.508 e. The van der Waals surface area contributed by atoms with Gasteiger partial charge in [0.05, 0.1) is 37.7 Å². The summed E-state index contributed by atoms with van der Waals surface area (Å²) >= 11 is 0. The largest absolute Gasteiger partial charge is 0.508 e. The molecule has 3 rings (SSSR count). The fraction of sp³-hybridized carbons (Fsp3) is 0.222. The van der Waals surface area contributed by atoms with Crippen molar-refractivity contribution >= 4 is 11.4 Å². The summed E-state index contributed by atoms with van der Waals surface area (Å²) in [7, 11) is 0. The van der Waals surface area contributed by atoms with Gasteiger partial charge in [-0.15, -0.1) is 0 Å². The molecule has 23 heavy (non-hydrogen) atoms. The van der Waals surface area contributed by atoms with Crippen LogP contribution in [0.15, 0.2) is 52.4 Å². The summed E-state index contributed by atoms with van der Waals surface area (Å²) in [5.41, 5.74) is 5.03. The summed E-state index contributed by atoms with van der Waals surface area (Å²) in [4.78, 5) is 8.94. The molecule has 118 valence electrons. The first-order valence-corrected chi connectivity index (χ1v) is 7.50. The quantitative estimate of drug-likeness (QED) is 0.802. The number of rotatable bonds is 4. The highest BCUT2D eigenvalue weighted by Crippen LogP contribution is 2.35. The third kappa shape index (κ3) is 2.88. The van der Waals surface area contributed by atoms with Crippen LogP contribution in [-0.4, -0.2) is 53.0 Å². The van der Waals surface area contributed by atoms with E-state index >= 15 is 0 Å². The van der Waals surface area contributed by atoms with E-state index < -0.39 is 0 Å². The van der Waals surface area contributed by atoms with Gasteiger partial charge in [0.25, 0.3) is 0 Å². The molecule has 0 saturated heterocycles. The Bertz CT molecular complexity index is 782. The summed E-state index contributed by atoms with van der Waals surface area (Å²) in [5.74, 6) is 0.154. The summed E-state index contributed by atoms with van der Waals surface area (Å²) in [6.07, 6.45) is 0. The minimum absolute atomic E-state index is 0.0498. The fourth-order valence-electron chi connectivity index (χ4n) is 2.79. The first-order chi connectivity index (χ1) is 11.3. The smallest absolute Gasteiger partial charge is 0.116 e. The first-order valence-electron chi connectivity index (χ1n) is 7.50. The number of hydrogen-bond acceptors (Lipinski definition) is 5. The second-order valence-corrected chi connectivity index (χ2v) is 5.18. The maximum atomic E-state index is 9.86. The van der Waals surface area contributed by atoms with Crippen LogP contribution in [0.2, 0.25) is 0 Å². The molecule has 0 radical (unpaired) electrons. The molecule has 0 heterocycles. The van der Waals surface area contributed by atoms with Crippen molar-refractivity contribution in [1.29, 1.82) is 0 Å². The van der Waals surface area contributed by atoms with Gasteiger partial charge in [-0.2, -0.15) is 0 Å². The Hall–Kier alpha value is -2.50. The Labute approximate surface area is 134 Å². The lowest BCUT2D eigenvalue weighted by atomic mass is 9.82. The number of nitrogens with zero attached hydrogens (tertiary/aromatic N) is 2. The summed E-state index contributed by atoms with van der Waals surface area (Å²) in [6, 6.07) is 13.0. The molecule has 0 fully saturated rings. The van der Waals surface area contributed by atoms with Crippen molar-refractivity contribution in [1.82, 2.24) is 0 Å². The second-order valence-electron chi connectivity index (χ2n) is 5.18. The predicted octanol–water partition coefficient (Wildman–Crippen LogP) is 1.64. The minimum atomic E-state index is -0.0629. The van der Waals surface area contributed by atoms with Crippen LogP contribution < -0.4 is 0 Å². The molecule has 5 nitrogen and oxygen atoms in total. The van der Waals surface area contributed by atoms with Crippen LogP contribution in [0.5, 0.6) is 5.75 Å². The molecule has 0 unspecified atom stereocenters. The second kappa shape index (κ2) is 6.73. The lowest BCUT2D eigenvalue weighted by Crippen LogP contribution is -2.24. The molecular formula is C18H18N2O3. The number of aliphatic hydroxyl groups is 2. The van der Waals surface area contributed by atoms with Crippen molar-refractivity contribution < 1.29 is 15.3 Å². The van der Waals surface area contributed by atoms with Gasteiger partial charge in [-0.05, 0) is 23.3 Å². The predicted molar refractivity (Wildman–Crippen MR) is 90.5 cm³/mol. The molecule has 0 spiro atoms. The third-order valence-corrected chi connectivity index (χ3v) is 3.69. The Morgan fingerprint density at radius 3 is 1.91 bits per heavy atom. The topological polar surface area (TPSA) is 85.4 Å². The van der Waals surface area contributed by atoms with Crippen molar-refractivity contribution in [2.24, 2.45) is 9.98 Å². The van der Waals surface area contributed by atoms with E-state index in [1.807, 2.05) is 30.3 Å². The molecule has 0 aliphatic heterocycles. The number of aromatic hydroxyl groups is 1. The van der Waals surface area contributed by atoms with E-state index in [1.165, 1.54) is 0 Å². The number of aliphatic imine (C=N–C) groups is 2. The third-order valence-electron chi connectivity index (χ3n) is 3.69. The monoisotopic (exact) mass is 310 g/mol. The number of hydrogen-bond donors (Lipinski definition) is 3. The van der Waals surface area contributed by atoms with Crippen LogP contribution in [-0.2, 0) is 0 Å². The summed E-state index contributed by atoms with van der Waals surface area (Å²) in [5, 5.41) is 28.1. The van der Waals surface area contributed by atoms with E-state index in [4.69, 9.17) is 10.2 Å². The van der Waals surface area contributed by atoms with Crippen molar-refractivity contribution in [3.05, 3.63) is 53.6 Å². The van der Waals surface area contributed by atoms with Gasteiger partial charge < -0.3 is 15.3 Å². The Balaban J connectivity index is 2.28. The van der Waals surface area contributed by atoms with Crippen molar-refractivity contribution in [3.63, 3.8) is 0 Å². The first kappa shape index (κ1) is 15.4. The van der Waals surface area contributed by atoms with Crippen molar-refractivity contribution in [2.75, 3.05) is 26.3 Å². The molecule has 2 aromatic rings. The number of aliphatic hydroxyl groups excluding tert-OH is 2. The highest BCUT2D eigenvalue weighted by atomic mass is 16.3. The molecule has 0 bridgehead atoms.